The molecule has 32 heavy (non-hydrogen) atoms. The van der Waals surface area contributed by atoms with E-state index in [1.165, 1.54) is 0 Å². The quantitative estimate of drug-likeness (QED) is 0.423. The first kappa shape index (κ1) is 20.4. The number of benzene rings is 2. The largest absolute Gasteiger partial charge is 0.487 e. The van der Waals surface area contributed by atoms with E-state index in [9.17, 15) is 4.79 Å². The minimum absolute atomic E-state index is 0.254. The maximum absolute atomic E-state index is 12.8. The number of nitrogens with one attached hydrogen (secondary N) is 1. The van der Waals surface area contributed by atoms with Crippen LogP contribution in [0.2, 0.25) is 0 Å². The molecule has 1 aliphatic heterocycles. The van der Waals surface area contributed by atoms with Crippen molar-refractivity contribution < 1.29 is 19.0 Å². The van der Waals surface area contributed by atoms with Crippen molar-refractivity contribution in [1.82, 2.24) is 9.38 Å². The molecule has 0 bridgehead atoms. The topological polar surface area (TPSA) is 74.1 Å². The van der Waals surface area contributed by atoms with Gasteiger partial charge in [0.05, 0.1) is 11.4 Å². The lowest BCUT2D eigenvalue weighted by atomic mass is 10.2. The van der Waals surface area contributed by atoms with Crippen LogP contribution >= 0.6 is 15.9 Å². The average molecular weight is 494 g/mol. The van der Waals surface area contributed by atoms with Crippen LogP contribution in [0.3, 0.4) is 0 Å². The van der Waals surface area contributed by atoms with E-state index >= 15 is 0 Å². The van der Waals surface area contributed by atoms with Gasteiger partial charge in [0.15, 0.2) is 11.5 Å². The van der Waals surface area contributed by atoms with Crippen LogP contribution in [0.25, 0.3) is 5.65 Å². The highest BCUT2D eigenvalue weighted by Crippen LogP contribution is 2.38. The highest BCUT2D eigenvalue weighted by molar-refractivity contribution is 9.10. The fourth-order valence-electron chi connectivity index (χ4n) is 3.46. The Hall–Kier alpha value is -3.52. The number of anilines is 1. The van der Waals surface area contributed by atoms with Gasteiger partial charge in [0.2, 0.25) is 0 Å². The van der Waals surface area contributed by atoms with Crippen LogP contribution in [0, 0.1) is 6.92 Å². The van der Waals surface area contributed by atoms with Crippen LogP contribution in [0.1, 0.15) is 21.6 Å². The Labute approximate surface area is 193 Å². The summed E-state index contributed by atoms with van der Waals surface area (Å²) in [6.07, 6.45) is 3.96. The van der Waals surface area contributed by atoms with Gasteiger partial charge in [0.25, 0.3) is 5.91 Å². The molecule has 0 spiro atoms. The number of halogens is 1. The zero-order valence-corrected chi connectivity index (χ0v) is 18.9. The van der Waals surface area contributed by atoms with E-state index in [1.807, 2.05) is 41.9 Å². The molecular weight excluding hydrogens is 474 g/mol. The zero-order chi connectivity index (χ0) is 22.1. The van der Waals surface area contributed by atoms with Gasteiger partial charge in [-0.05, 0) is 52.7 Å². The molecule has 4 aromatic rings. The number of fused-ring (bicyclic) bond motifs is 2. The Bertz CT molecular complexity index is 1320. The van der Waals surface area contributed by atoms with Crippen molar-refractivity contribution in [2.24, 2.45) is 0 Å². The number of aromatic nitrogens is 2. The second-order valence-corrected chi connectivity index (χ2v) is 8.30. The lowest BCUT2D eigenvalue weighted by Gasteiger charge is -2.20. The van der Waals surface area contributed by atoms with Gasteiger partial charge in [0.1, 0.15) is 31.2 Å². The first-order chi connectivity index (χ1) is 15.5. The van der Waals surface area contributed by atoms with Gasteiger partial charge in [-0.25, -0.2) is 4.98 Å². The predicted octanol–water partition coefficient (Wildman–Crippen LogP) is 5.01. The Kier molecular flexibility index (Phi) is 5.45. The number of carbonyl (C=O) groups excluding carboxylic acids is 1. The van der Waals surface area contributed by atoms with Crippen LogP contribution in [-0.2, 0) is 6.61 Å². The number of carbonyl (C=O) groups is 1. The number of imidazole rings is 1. The summed E-state index contributed by atoms with van der Waals surface area (Å²) in [5.74, 6) is 1.59. The highest BCUT2D eigenvalue weighted by atomic mass is 79.9. The number of aryl methyl sites for hydroxylation is 1. The van der Waals surface area contributed by atoms with Crippen LogP contribution in [0.4, 0.5) is 5.69 Å². The van der Waals surface area contributed by atoms with Gasteiger partial charge in [-0.15, -0.1) is 0 Å². The second kappa shape index (κ2) is 8.55. The lowest BCUT2D eigenvalue weighted by Crippen LogP contribution is -2.17. The van der Waals surface area contributed by atoms with E-state index in [-0.39, 0.29) is 5.91 Å². The average Bonchev–Trinajstić information content (AvgIpc) is 3.20. The Balaban J connectivity index is 1.28. The molecule has 0 aliphatic carbocycles. The van der Waals surface area contributed by atoms with Gasteiger partial charge in [-0.3, -0.25) is 4.79 Å². The third-order valence-electron chi connectivity index (χ3n) is 5.01. The molecule has 0 fully saturated rings. The summed E-state index contributed by atoms with van der Waals surface area (Å²) >= 11 is 3.48. The molecule has 7 nitrogen and oxygen atoms in total. The molecule has 5 rings (SSSR count). The molecule has 2 aromatic carbocycles. The Morgan fingerprint density at radius 1 is 1.12 bits per heavy atom. The first-order valence-electron chi connectivity index (χ1n) is 10.1. The molecule has 1 amide bonds. The lowest BCUT2D eigenvalue weighted by molar-refractivity contribution is 0.102. The summed E-state index contributed by atoms with van der Waals surface area (Å²) in [5, 5.41) is 2.91. The van der Waals surface area contributed by atoms with E-state index in [2.05, 4.69) is 26.2 Å². The molecule has 0 radical (unpaired) electrons. The number of hydrogen-bond donors (Lipinski definition) is 1. The summed E-state index contributed by atoms with van der Waals surface area (Å²) < 4.78 is 19.7. The monoisotopic (exact) mass is 493 g/mol. The maximum atomic E-state index is 12.8. The van der Waals surface area contributed by atoms with Crippen molar-refractivity contribution in [2.75, 3.05) is 18.5 Å². The molecule has 2 aromatic heterocycles. The van der Waals surface area contributed by atoms with Crippen molar-refractivity contribution in [3.05, 3.63) is 82.2 Å². The van der Waals surface area contributed by atoms with Gasteiger partial charge in [-0.1, -0.05) is 12.1 Å². The molecule has 0 saturated heterocycles. The Morgan fingerprint density at radius 3 is 2.78 bits per heavy atom. The van der Waals surface area contributed by atoms with Crippen molar-refractivity contribution in [1.29, 1.82) is 0 Å². The zero-order valence-electron chi connectivity index (χ0n) is 17.3. The number of rotatable bonds is 5. The van der Waals surface area contributed by atoms with Crippen molar-refractivity contribution >= 4 is 33.2 Å². The SMILES string of the molecule is Cc1ccc2nc(COc3cccc(C(=O)Nc4cc5c(cc4Br)OCCO5)c3)cn2c1. The van der Waals surface area contributed by atoms with E-state index in [0.717, 1.165) is 16.9 Å². The summed E-state index contributed by atoms with van der Waals surface area (Å²) in [6.45, 7) is 3.33. The van der Waals surface area contributed by atoms with Crippen molar-refractivity contribution in [3.8, 4) is 17.2 Å². The Morgan fingerprint density at radius 2 is 1.94 bits per heavy atom. The van der Waals surface area contributed by atoms with Crippen molar-refractivity contribution in [2.45, 2.75) is 13.5 Å². The third-order valence-corrected chi connectivity index (χ3v) is 5.67. The van der Waals surface area contributed by atoms with Crippen molar-refractivity contribution in [3.63, 3.8) is 0 Å². The van der Waals surface area contributed by atoms with E-state index < -0.39 is 0 Å². The van der Waals surface area contributed by atoms with Crippen LogP contribution in [-0.4, -0.2) is 28.5 Å². The normalized spacial score (nSPS) is 12.6. The van der Waals surface area contributed by atoms with E-state index in [0.29, 0.717) is 52.8 Å². The van der Waals surface area contributed by atoms with E-state index in [1.54, 1.807) is 30.3 Å². The third kappa shape index (κ3) is 4.27. The van der Waals surface area contributed by atoms with E-state index in [4.69, 9.17) is 14.2 Å². The summed E-state index contributed by atoms with van der Waals surface area (Å²) in [4.78, 5) is 17.4. The predicted molar refractivity (Wildman–Crippen MR) is 124 cm³/mol. The minimum Gasteiger partial charge on any atom is -0.487 e. The first-order valence-corrected chi connectivity index (χ1v) is 10.9. The van der Waals surface area contributed by atoms with Crippen LogP contribution in [0.15, 0.2) is 65.4 Å². The van der Waals surface area contributed by atoms with Gasteiger partial charge < -0.3 is 23.9 Å². The number of nitrogens with zero attached hydrogens (tertiary/aromatic N) is 2. The summed E-state index contributed by atoms with van der Waals surface area (Å²) in [5.41, 5.74) is 3.92. The smallest absolute Gasteiger partial charge is 0.255 e. The van der Waals surface area contributed by atoms with Gasteiger partial charge in [-0.2, -0.15) is 0 Å². The highest BCUT2D eigenvalue weighted by Gasteiger charge is 2.17. The second-order valence-electron chi connectivity index (χ2n) is 7.45. The molecule has 1 N–H and O–H groups in total. The molecular formula is C24H20BrN3O4. The molecule has 0 unspecified atom stereocenters. The molecule has 3 heterocycles. The fourth-order valence-corrected chi connectivity index (χ4v) is 3.89. The van der Waals surface area contributed by atoms with Crippen LogP contribution < -0.4 is 19.5 Å². The summed E-state index contributed by atoms with van der Waals surface area (Å²) in [6, 6.07) is 14.6. The molecule has 8 heteroatoms. The molecule has 1 aliphatic rings. The number of pyridine rings is 1. The molecule has 0 atom stereocenters. The molecule has 162 valence electrons. The number of amides is 1. The number of hydrogen-bond acceptors (Lipinski definition) is 5. The van der Waals surface area contributed by atoms with Gasteiger partial charge >= 0.3 is 0 Å². The fraction of sp³-hybridized carbons (Fsp3) is 0.167. The summed E-state index contributed by atoms with van der Waals surface area (Å²) in [7, 11) is 0. The van der Waals surface area contributed by atoms with Gasteiger partial charge in [0, 0.05) is 34.6 Å². The number of ether oxygens (including phenoxy) is 3. The van der Waals surface area contributed by atoms with Crippen LogP contribution in [0.5, 0.6) is 17.2 Å². The molecule has 0 saturated carbocycles. The minimum atomic E-state index is -0.254. The maximum Gasteiger partial charge on any atom is 0.255 e. The standard InChI is InChI=1S/C24H20BrN3O4/c1-15-5-6-23-26-17(13-28(23)12-15)14-32-18-4-2-3-16(9-18)24(29)27-20-11-22-21(10-19(20)25)30-7-8-31-22/h2-6,9-13H,7-8,14H2,1H3,(H,27,29).